The predicted molar refractivity (Wildman–Crippen MR) is 117 cm³/mol. The molecular formula is C23H26F6N4. The summed E-state index contributed by atoms with van der Waals surface area (Å²) in [5.74, 6) is -1.28. The summed E-state index contributed by atoms with van der Waals surface area (Å²) in [4.78, 5) is 6.34. The maximum absolute atomic E-state index is 13.5. The molecule has 1 saturated heterocycles. The summed E-state index contributed by atoms with van der Waals surface area (Å²) >= 11 is 0. The van der Waals surface area contributed by atoms with Crippen LogP contribution in [-0.2, 0) is 0 Å². The Labute approximate surface area is 188 Å². The predicted octanol–water partition coefficient (Wildman–Crippen LogP) is 6.07. The molecule has 2 N–H and O–H groups in total. The summed E-state index contributed by atoms with van der Waals surface area (Å²) in [5.41, 5.74) is -0.735. The highest BCUT2D eigenvalue weighted by molar-refractivity contribution is 6.01. The first-order valence-corrected chi connectivity index (χ1v) is 10.9. The maximum atomic E-state index is 13.5. The van der Waals surface area contributed by atoms with Gasteiger partial charge in [-0.25, -0.2) is 4.98 Å². The van der Waals surface area contributed by atoms with Crippen LogP contribution in [-0.4, -0.2) is 54.5 Å². The number of aromatic nitrogens is 1. The van der Waals surface area contributed by atoms with Crippen molar-refractivity contribution in [2.75, 3.05) is 30.8 Å². The normalized spacial score (nSPS) is 22.8. The average Bonchev–Trinajstić information content (AvgIpc) is 2.69. The lowest BCUT2D eigenvalue weighted by molar-refractivity contribution is -0.195. The van der Waals surface area contributed by atoms with Gasteiger partial charge in [0.25, 0.3) is 0 Å². The van der Waals surface area contributed by atoms with Crippen molar-refractivity contribution in [3.8, 4) is 0 Å². The minimum Gasteiger partial charge on any atom is -0.382 e. The standard InChI is InChI=1S/C23H26F6N4/c1-13(22(24,25)26)21-17-4-3-5-19(30-15-6-8-33(2)9-7-15)18(17)12-20(32-21)31-16-10-14(11-16)23(27,28)29/h3-5,12,14-16,30H,1,6-11H2,2H3,(H,31,32). The number of alkyl halides is 6. The van der Waals surface area contributed by atoms with Crippen molar-refractivity contribution in [1.29, 1.82) is 0 Å². The number of pyridine rings is 1. The molecule has 0 atom stereocenters. The third-order valence-corrected chi connectivity index (χ3v) is 6.53. The SMILES string of the molecule is C=C(c1nc(NC2CC(C(F)(F)F)C2)cc2c(NC3CCN(C)CC3)cccc12)C(F)(F)F. The van der Waals surface area contributed by atoms with E-state index in [4.69, 9.17) is 0 Å². The molecule has 1 saturated carbocycles. The Morgan fingerprint density at radius 1 is 1.00 bits per heavy atom. The lowest BCUT2D eigenvalue weighted by atomic mass is 9.80. The average molecular weight is 472 g/mol. The number of anilines is 2. The summed E-state index contributed by atoms with van der Waals surface area (Å²) in [6, 6.07) is 6.31. The number of halogens is 6. The van der Waals surface area contributed by atoms with Crippen LogP contribution < -0.4 is 10.6 Å². The van der Waals surface area contributed by atoms with Gasteiger partial charge in [-0.05, 0) is 58.0 Å². The van der Waals surface area contributed by atoms with Crippen molar-refractivity contribution < 1.29 is 26.3 Å². The molecule has 0 radical (unpaired) electrons. The first-order valence-electron chi connectivity index (χ1n) is 10.9. The number of rotatable bonds is 5. The highest BCUT2D eigenvalue weighted by Crippen LogP contribution is 2.43. The Balaban J connectivity index is 1.67. The molecule has 2 heterocycles. The van der Waals surface area contributed by atoms with Gasteiger partial charge in [-0.3, -0.25) is 0 Å². The molecule has 2 aliphatic rings. The molecule has 1 aliphatic heterocycles. The second kappa shape index (κ2) is 8.70. The molecule has 2 fully saturated rings. The number of nitrogens with one attached hydrogen (secondary N) is 2. The molecule has 2 aromatic rings. The van der Waals surface area contributed by atoms with Crippen LogP contribution in [0.15, 0.2) is 30.8 Å². The first-order chi connectivity index (χ1) is 15.4. The Morgan fingerprint density at radius 3 is 2.27 bits per heavy atom. The van der Waals surface area contributed by atoms with E-state index in [1.165, 1.54) is 0 Å². The van der Waals surface area contributed by atoms with Crippen LogP contribution >= 0.6 is 0 Å². The van der Waals surface area contributed by atoms with Gasteiger partial charge in [0.05, 0.1) is 17.2 Å². The number of hydrogen-bond acceptors (Lipinski definition) is 4. The van der Waals surface area contributed by atoms with Crippen molar-refractivity contribution in [2.24, 2.45) is 5.92 Å². The van der Waals surface area contributed by atoms with Crippen LogP contribution in [0.4, 0.5) is 37.8 Å². The Hall–Kier alpha value is -2.49. The van der Waals surface area contributed by atoms with Crippen molar-refractivity contribution in [2.45, 2.75) is 50.1 Å². The third kappa shape index (κ3) is 5.20. The minimum atomic E-state index is -4.69. The minimum absolute atomic E-state index is 0.117. The monoisotopic (exact) mass is 472 g/mol. The van der Waals surface area contributed by atoms with E-state index in [-0.39, 0.29) is 30.4 Å². The highest BCUT2D eigenvalue weighted by atomic mass is 19.4. The summed E-state index contributed by atoms with van der Waals surface area (Å²) in [5, 5.41) is 7.17. The van der Waals surface area contributed by atoms with E-state index < -0.39 is 29.9 Å². The van der Waals surface area contributed by atoms with E-state index in [1.54, 1.807) is 24.3 Å². The van der Waals surface area contributed by atoms with Gasteiger partial charge >= 0.3 is 12.4 Å². The zero-order valence-electron chi connectivity index (χ0n) is 18.2. The topological polar surface area (TPSA) is 40.2 Å². The molecule has 1 aromatic carbocycles. The van der Waals surface area contributed by atoms with E-state index in [2.05, 4.69) is 27.1 Å². The van der Waals surface area contributed by atoms with Crippen LogP contribution in [0.1, 0.15) is 31.4 Å². The fourth-order valence-electron chi connectivity index (χ4n) is 4.43. The molecule has 0 amide bonds. The first kappa shape index (κ1) is 23.7. The van der Waals surface area contributed by atoms with Gasteiger partial charge in [0.2, 0.25) is 0 Å². The number of benzene rings is 1. The summed E-state index contributed by atoms with van der Waals surface area (Å²) in [6.45, 7) is 5.03. The van der Waals surface area contributed by atoms with E-state index >= 15 is 0 Å². The molecule has 0 bridgehead atoms. The molecule has 33 heavy (non-hydrogen) atoms. The van der Waals surface area contributed by atoms with Crippen molar-refractivity contribution >= 4 is 27.9 Å². The zero-order valence-corrected chi connectivity index (χ0v) is 18.2. The van der Waals surface area contributed by atoms with Crippen LogP contribution in [0.25, 0.3) is 16.3 Å². The van der Waals surface area contributed by atoms with E-state index in [1.807, 2.05) is 7.05 Å². The molecule has 0 unspecified atom stereocenters. The van der Waals surface area contributed by atoms with E-state index in [0.29, 0.717) is 16.5 Å². The molecule has 4 nitrogen and oxygen atoms in total. The molecule has 1 aromatic heterocycles. The lowest BCUT2D eigenvalue weighted by Gasteiger charge is -2.37. The number of piperidine rings is 1. The zero-order chi connectivity index (χ0) is 24.0. The number of likely N-dealkylation sites (tertiary alicyclic amines) is 1. The molecule has 1 aliphatic carbocycles. The van der Waals surface area contributed by atoms with Crippen molar-refractivity contribution in [3.05, 3.63) is 36.5 Å². The molecule has 0 spiro atoms. The highest BCUT2D eigenvalue weighted by Gasteiger charge is 2.48. The lowest BCUT2D eigenvalue weighted by Crippen LogP contribution is -2.43. The quantitative estimate of drug-likeness (QED) is 0.519. The van der Waals surface area contributed by atoms with Gasteiger partial charge in [0.15, 0.2) is 0 Å². The molecule has 10 heteroatoms. The third-order valence-electron chi connectivity index (χ3n) is 6.53. The Morgan fingerprint density at radius 2 is 1.67 bits per heavy atom. The number of nitrogens with zero attached hydrogens (tertiary/aromatic N) is 2. The number of fused-ring (bicyclic) bond motifs is 1. The maximum Gasteiger partial charge on any atom is 0.417 e. The van der Waals surface area contributed by atoms with Crippen molar-refractivity contribution in [1.82, 2.24) is 9.88 Å². The van der Waals surface area contributed by atoms with Crippen LogP contribution in [0.2, 0.25) is 0 Å². The fraction of sp³-hybridized carbons (Fsp3) is 0.522. The number of hydrogen-bond donors (Lipinski definition) is 2. The smallest absolute Gasteiger partial charge is 0.382 e. The van der Waals surface area contributed by atoms with E-state index in [9.17, 15) is 26.3 Å². The van der Waals surface area contributed by atoms with Gasteiger partial charge in [-0.15, -0.1) is 0 Å². The molecule has 4 rings (SSSR count). The number of allylic oxidation sites excluding steroid dienone is 1. The largest absolute Gasteiger partial charge is 0.417 e. The van der Waals surface area contributed by atoms with Crippen LogP contribution in [0.3, 0.4) is 0 Å². The van der Waals surface area contributed by atoms with Crippen LogP contribution in [0.5, 0.6) is 0 Å². The molecule has 180 valence electrons. The summed E-state index contributed by atoms with van der Waals surface area (Å²) in [7, 11) is 2.04. The van der Waals surface area contributed by atoms with Gasteiger partial charge in [-0.1, -0.05) is 18.7 Å². The van der Waals surface area contributed by atoms with Crippen molar-refractivity contribution in [3.63, 3.8) is 0 Å². The molecular weight excluding hydrogens is 446 g/mol. The fourth-order valence-corrected chi connectivity index (χ4v) is 4.43. The second-order valence-electron chi connectivity index (χ2n) is 9.01. The van der Waals surface area contributed by atoms with Gasteiger partial charge in [0.1, 0.15) is 5.82 Å². The van der Waals surface area contributed by atoms with Gasteiger partial charge in [0, 0.05) is 28.5 Å². The second-order valence-corrected chi connectivity index (χ2v) is 9.01. The summed E-state index contributed by atoms with van der Waals surface area (Å²) < 4.78 is 79.1. The van der Waals surface area contributed by atoms with E-state index in [0.717, 1.165) is 25.9 Å². The van der Waals surface area contributed by atoms with Gasteiger partial charge < -0.3 is 15.5 Å². The Bertz CT molecular complexity index is 1020. The van der Waals surface area contributed by atoms with Gasteiger partial charge in [-0.2, -0.15) is 26.3 Å². The summed E-state index contributed by atoms with van der Waals surface area (Å²) in [6.07, 6.45) is -7.43. The Kier molecular flexibility index (Phi) is 6.24. The van der Waals surface area contributed by atoms with Crippen LogP contribution in [0, 0.1) is 5.92 Å².